The minimum Gasteiger partial charge on any atom is -0.461 e. The lowest BCUT2D eigenvalue weighted by molar-refractivity contribution is 0.0327. The van der Waals surface area contributed by atoms with Gasteiger partial charge in [-0.1, -0.05) is 5.21 Å². The predicted molar refractivity (Wildman–Crippen MR) is 75.7 cm³/mol. The van der Waals surface area contributed by atoms with E-state index < -0.39 is 5.97 Å². The summed E-state index contributed by atoms with van der Waals surface area (Å²) in [6.07, 6.45) is 0. The number of carbonyl (C=O) groups is 1. The summed E-state index contributed by atoms with van der Waals surface area (Å²) in [6.45, 7) is 5.13. The third-order valence-electron chi connectivity index (χ3n) is 3.41. The molecule has 3 heterocycles. The van der Waals surface area contributed by atoms with Gasteiger partial charge in [-0.25, -0.2) is 9.42 Å². The van der Waals surface area contributed by atoms with Crippen LogP contribution in [0.3, 0.4) is 0 Å². The Kier molecular flexibility index (Phi) is 4.48. The van der Waals surface area contributed by atoms with Crippen LogP contribution in [0.1, 0.15) is 23.1 Å². The minimum absolute atomic E-state index is 0.0635. The molecule has 1 fully saturated rings. The standard InChI is InChI=1S/C12H17N7O4/c1-2-22-12(20)9-8(7-18-3-5-21-6-4-18)19(17-14-9)11-10(13)15-23-16-11/h2-7H2,1H3,(H2,13,15). The molecule has 2 aromatic heterocycles. The number of hydrogen-bond acceptors (Lipinski definition) is 10. The highest BCUT2D eigenvalue weighted by molar-refractivity contribution is 5.88. The van der Waals surface area contributed by atoms with Gasteiger partial charge >= 0.3 is 5.97 Å². The summed E-state index contributed by atoms with van der Waals surface area (Å²) in [6, 6.07) is 0. The Bertz CT molecular complexity index is 677. The fraction of sp³-hybridized carbons (Fsp3) is 0.583. The maximum absolute atomic E-state index is 12.1. The Labute approximate surface area is 131 Å². The van der Waals surface area contributed by atoms with Gasteiger partial charge in [-0.3, -0.25) is 4.90 Å². The SMILES string of the molecule is CCOC(=O)c1nnn(-c2nonc2N)c1CN1CCOCC1. The van der Waals surface area contributed by atoms with Crippen LogP contribution in [0.2, 0.25) is 0 Å². The Balaban J connectivity index is 1.95. The van der Waals surface area contributed by atoms with E-state index in [1.54, 1.807) is 6.92 Å². The fourth-order valence-electron chi connectivity index (χ4n) is 2.28. The molecule has 1 aliphatic heterocycles. The monoisotopic (exact) mass is 323 g/mol. The van der Waals surface area contributed by atoms with Crippen molar-refractivity contribution in [3.8, 4) is 5.82 Å². The second-order valence-corrected chi connectivity index (χ2v) is 4.88. The molecule has 0 radical (unpaired) electrons. The third kappa shape index (κ3) is 3.14. The molecule has 3 rings (SSSR count). The molecule has 0 aliphatic carbocycles. The highest BCUT2D eigenvalue weighted by atomic mass is 16.6. The first-order valence-electron chi connectivity index (χ1n) is 7.21. The van der Waals surface area contributed by atoms with Gasteiger partial charge in [0.15, 0.2) is 5.69 Å². The fourth-order valence-corrected chi connectivity index (χ4v) is 2.28. The molecule has 124 valence electrons. The Morgan fingerprint density at radius 3 is 2.78 bits per heavy atom. The second kappa shape index (κ2) is 6.71. The normalized spacial score (nSPS) is 15.7. The number of ether oxygens (including phenoxy) is 2. The molecular weight excluding hydrogens is 306 g/mol. The summed E-state index contributed by atoms with van der Waals surface area (Å²) < 4.78 is 16.3. The van der Waals surface area contributed by atoms with Crippen LogP contribution in [0.4, 0.5) is 5.82 Å². The molecule has 0 saturated carbocycles. The smallest absolute Gasteiger partial charge is 0.360 e. The van der Waals surface area contributed by atoms with Crippen LogP contribution in [0.25, 0.3) is 5.82 Å². The van der Waals surface area contributed by atoms with Crippen molar-refractivity contribution >= 4 is 11.8 Å². The highest BCUT2D eigenvalue weighted by Gasteiger charge is 2.26. The van der Waals surface area contributed by atoms with E-state index in [0.29, 0.717) is 25.5 Å². The molecule has 1 saturated heterocycles. The lowest BCUT2D eigenvalue weighted by atomic mass is 10.2. The number of morpholine rings is 1. The number of nitrogen functional groups attached to an aromatic ring is 1. The van der Waals surface area contributed by atoms with Crippen molar-refractivity contribution < 1.29 is 18.9 Å². The van der Waals surface area contributed by atoms with Gasteiger partial charge in [0.05, 0.1) is 25.5 Å². The van der Waals surface area contributed by atoms with Crippen LogP contribution in [0, 0.1) is 0 Å². The summed E-state index contributed by atoms with van der Waals surface area (Å²) >= 11 is 0. The van der Waals surface area contributed by atoms with E-state index in [-0.39, 0.29) is 23.9 Å². The first-order valence-corrected chi connectivity index (χ1v) is 7.21. The van der Waals surface area contributed by atoms with Gasteiger partial charge in [-0.05, 0) is 17.2 Å². The molecule has 2 N–H and O–H groups in total. The molecule has 0 unspecified atom stereocenters. The number of carbonyl (C=O) groups excluding carboxylic acids is 1. The quantitative estimate of drug-likeness (QED) is 0.699. The molecule has 11 nitrogen and oxygen atoms in total. The first-order chi connectivity index (χ1) is 11.2. The topological polar surface area (TPSA) is 134 Å². The number of hydrogen-bond donors (Lipinski definition) is 1. The molecule has 0 atom stereocenters. The highest BCUT2D eigenvalue weighted by Crippen LogP contribution is 2.18. The first kappa shape index (κ1) is 15.4. The van der Waals surface area contributed by atoms with Gasteiger partial charge in [0.1, 0.15) is 0 Å². The summed E-state index contributed by atoms with van der Waals surface area (Å²) in [4.78, 5) is 14.2. The third-order valence-corrected chi connectivity index (χ3v) is 3.41. The van der Waals surface area contributed by atoms with Crippen LogP contribution in [-0.2, 0) is 16.0 Å². The summed E-state index contributed by atoms with van der Waals surface area (Å²) in [5, 5.41) is 15.1. The van der Waals surface area contributed by atoms with Gasteiger partial charge in [0, 0.05) is 19.6 Å². The molecule has 0 bridgehead atoms. The van der Waals surface area contributed by atoms with Crippen molar-refractivity contribution in [2.45, 2.75) is 13.5 Å². The minimum atomic E-state index is -0.544. The van der Waals surface area contributed by atoms with Crippen LogP contribution in [0.5, 0.6) is 0 Å². The molecule has 23 heavy (non-hydrogen) atoms. The van der Waals surface area contributed by atoms with E-state index in [9.17, 15) is 4.79 Å². The van der Waals surface area contributed by atoms with Gasteiger partial charge in [-0.2, -0.15) is 4.68 Å². The molecule has 2 aromatic rings. The van der Waals surface area contributed by atoms with Crippen LogP contribution in [0.15, 0.2) is 4.63 Å². The summed E-state index contributed by atoms with van der Waals surface area (Å²) in [7, 11) is 0. The van der Waals surface area contributed by atoms with Crippen molar-refractivity contribution in [3.05, 3.63) is 11.4 Å². The molecular formula is C12H17N7O4. The zero-order valence-corrected chi connectivity index (χ0v) is 12.6. The van der Waals surface area contributed by atoms with Crippen molar-refractivity contribution in [1.82, 2.24) is 30.2 Å². The molecule has 0 amide bonds. The maximum Gasteiger partial charge on any atom is 0.360 e. The maximum atomic E-state index is 12.1. The van der Waals surface area contributed by atoms with E-state index in [1.807, 2.05) is 0 Å². The average Bonchev–Trinajstić information content (AvgIpc) is 3.14. The second-order valence-electron chi connectivity index (χ2n) is 4.88. The zero-order chi connectivity index (χ0) is 16.2. The Morgan fingerprint density at radius 2 is 2.13 bits per heavy atom. The van der Waals surface area contributed by atoms with Crippen molar-refractivity contribution in [2.75, 3.05) is 38.6 Å². The lowest BCUT2D eigenvalue weighted by Crippen LogP contribution is -2.36. The Hall–Kier alpha value is -2.53. The number of nitrogens with two attached hydrogens (primary N) is 1. The molecule has 1 aliphatic rings. The van der Waals surface area contributed by atoms with E-state index in [0.717, 1.165) is 13.1 Å². The number of rotatable bonds is 5. The number of esters is 1. The van der Waals surface area contributed by atoms with E-state index >= 15 is 0 Å². The number of aromatic nitrogens is 5. The average molecular weight is 323 g/mol. The van der Waals surface area contributed by atoms with Crippen molar-refractivity contribution in [1.29, 1.82) is 0 Å². The molecule has 0 aromatic carbocycles. The molecule has 11 heteroatoms. The van der Waals surface area contributed by atoms with Gasteiger partial charge in [-0.15, -0.1) is 5.10 Å². The van der Waals surface area contributed by atoms with Crippen molar-refractivity contribution in [3.63, 3.8) is 0 Å². The Morgan fingerprint density at radius 1 is 1.35 bits per heavy atom. The zero-order valence-electron chi connectivity index (χ0n) is 12.6. The van der Waals surface area contributed by atoms with Crippen LogP contribution < -0.4 is 5.73 Å². The van der Waals surface area contributed by atoms with Crippen LogP contribution in [-0.4, -0.2) is 69.1 Å². The predicted octanol–water partition coefficient (Wildman–Crippen LogP) is -0.759. The van der Waals surface area contributed by atoms with Crippen molar-refractivity contribution in [2.24, 2.45) is 0 Å². The number of anilines is 1. The summed E-state index contributed by atoms with van der Waals surface area (Å²) in [5.41, 5.74) is 6.36. The van der Waals surface area contributed by atoms with E-state index in [2.05, 4.69) is 30.2 Å². The summed E-state index contributed by atoms with van der Waals surface area (Å²) in [5.74, 6) is -0.290. The van der Waals surface area contributed by atoms with Gasteiger partial charge in [0.25, 0.3) is 0 Å². The van der Waals surface area contributed by atoms with Gasteiger partial charge < -0.3 is 15.2 Å². The lowest BCUT2D eigenvalue weighted by Gasteiger charge is -2.26. The van der Waals surface area contributed by atoms with E-state index in [1.165, 1.54) is 4.68 Å². The van der Waals surface area contributed by atoms with Crippen LogP contribution >= 0.6 is 0 Å². The van der Waals surface area contributed by atoms with Gasteiger partial charge in [0.2, 0.25) is 11.6 Å². The largest absolute Gasteiger partial charge is 0.461 e. The molecule has 0 spiro atoms. The van der Waals surface area contributed by atoms with E-state index in [4.69, 9.17) is 15.2 Å². The number of nitrogens with zero attached hydrogens (tertiary/aromatic N) is 6.